The van der Waals surface area contributed by atoms with Crippen LogP contribution in [0.2, 0.25) is 0 Å². The molecule has 164 valence electrons. The monoisotopic (exact) mass is 526 g/mol. The van der Waals surface area contributed by atoms with E-state index < -0.39 is 9.84 Å². The Bertz CT molecular complexity index is 610. The first-order valence-corrected chi connectivity index (χ1v) is 12.6. The highest BCUT2D eigenvalue weighted by molar-refractivity contribution is 14.0. The lowest BCUT2D eigenvalue weighted by Crippen LogP contribution is -2.55. The molecule has 0 aromatic rings. The van der Waals surface area contributed by atoms with Crippen LogP contribution in [0.25, 0.3) is 0 Å². The lowest BCUT2D eigenvalue weighted by Gasteiger charge is -2.43. The van der Waals surface area contributed by atoms with Crippen molar-refractivity contribution in [2.75, 3.05) is 51.3 Å². The lowest BCUT2D eigenvalue weighted by atomic mass is 9.79. The van der Waals surface area contributed by atoms with Crippen LogP contribution in [0, 0.1) is 17.8 Å². The van der Waals surface area contributed by atoms with E-state index in [1.54, 1.807) is 0 Å². The van der Waals surface area contributed by atoms with Gasteiger partial charge in [-0.1, -0.05) is 13.8 Å². The first-order chi connectivity index (χ1) is 12.9. The van der Waals surface area contributed by atoms with Crippen LogP contribution in [0.15, 0.2) is 4.99 Å². The van der Waals surface area contributed by atoms with Gasteiger partial charge >= 0.3 is 0 Å². The molecule has 1 atom stereocenters. The third kappa shape index (κ3) is 6.45. The van der Waals surface area contributed by atoms with E-state index in [0.717, 1.165) is 56.4 Å². The minimum atomic E-state index is -2.80. The molecular formula is C20H39IN4O2S. The van der Waals surface area contributed by atoms with E-state index in [0.29, 0.717) is 18.1 Å². The van der Waals surface area contributed by atoms with Gasteiger partial charge in [0.1, 0.15) is 0 Å². The van der Waals surface area contributed by atoms with Crippen molar-refractivity contribution in [1.82, 2.24) is 15.1 Å². The number of aliphatic imine (C=N–C) groups is 1. The van der Waals surface area contributed by atoms with E-state index >= 15 is 0 Å². The first kappa shape index (κ1) is 24.2. The van der Waals surface area contributed by atoms with Gasteiger partial charge < -0.3 is 10.2 Å². The second-order valence-electron chi connectivity index (χ2n) is 9.03. The zero-order chi connectivity index (χ0) is 19.4. The van der Waals surface area contributed by atoms with Crippen LogP contribution in [-0.4, -0.2) is 81.5 Å². The summed E-state index contributed by atoms with van der Waals surface area (Å²) in [5.41, 5.74) is 0. The predicted octanol–water partition coefficient (Wildman–Crippen LogP) is 2.45. The van der Waals surface area contributed by atoms with E-state index in [-0.39, 0.29) is 29.9 Å². The molecule has 0 bridgehead atoms. The maximum atomic E-state index is 11.6. The van der Waals surface area contributed by atoms with Gasteiger partial charge in [-0.3, -0.25) is 9.89 Å². The van der Waals surface area contributed by atoms with Crippen molar-refractivity contribution in [3.8, 4) is 0 Å². The quantitative estimate of drug-likeness (QED) is 0.347. The van der Waals surface area contributed by atoms with Crippen LogP contribution >= 0.6 is 24.0 Å². The molecule has 1 unspecified atom stereocenters. The first-order valence-electron chi connectivity index (χ1n) is 10.8. The van der Waals surface area contributed by atoms with Crippen molar-refractivity contribution in [3.05, 3.63) is 0 Å². The van der Waals surface area contributed by atoms with Gasteiger partial charge in [0.25, 0.3) is 0 Å². The summed E-state index contributed by atoms with van der Waals surface area (Å²) in [6.07, 6.45) is 6.25. The lowest BCUT2D eigenvalue weighted by molar-refractivity contribution is 0.0864. The Kier molecular flexibility index (Phi) is 9.32. The average Bonchev–Trinajstić information content (AvgIpc) is 3.01. The predicted molar refractivity (Wildman–Crippen MR) is 127 cm³/mol. The Morgan fingerprint density at radius 1 is 1.07 bits per heavy atom. The summed E-state index contributed by atoms with van der Waals surface area (Å²) in [5.74, 6) is 3.57. The molecule has 2 heterocycles. The van der Waals surface area contributed by atoms with Gasteiger partial charge in [0.05, 0.1) is 11.5 Å². The highest BCUT2D eigenvalue weighted by Crippen LogP contribution is 2.32. The molecule has 1 saturated carbocycles. The second kappa shape index (κ2) is 10.8. The topological polar surface area (TPSA) is 65.0 Å². The fraction of sp³-hybridized carbons (Fsp3) is 0.950. The standard InChI is InChI=1S/C20H38N4O2S.HI/c1-16(2)18-4-6-19(7-5-18)23-9-11-24(12-10-23)20(21-3)22-14-17-8-13-27(25,26)15-17;/h16-19H,4-15H2,1-3H3,(H,21,22);1H. The molecule has 3 rings (SSSR count). The highest BCUT2D eigenvalue weighted by atomic mass is 127. The number of halogens is 1. The number of guanidine groups is 1. The fourth-order valence-corrected chi connectivity index (χ4v) is 6.90. The summed E-state index contributed by atoms with van der Waals surface area (Å²) in [6, 6.07) is 0.765. The second-order valence-corrected chi connectivity index (χ2v) is 11.3. The van der Waals surface area contributed by atoms with Crippen LogP contribution in [0.3, 0.4) is 0 Å². The highest BCUT2D eigenvalue weighted by Gasteiger charge is 2.31. The smallest absolute Gasteiger partial charge is 0.193 e. The summed E-state index contributed by atoms with van der Waals surface area (Å²) in [7, 11) is -0.978. The van der Waals surface area contributed by atoms with Gasteiger partial charge in [-0.15, -0.1) is 24.0 Å². The van der Waals surface area contributed by atoms with Gasteiger partial charge in [0.2, 0.25) is 0 Å². The molecule has 0 amide bonds. The zero-order valence-electron chi connectivity index (χ0n) is 17.8. The molecule has 0 radical (unpaired) electrons. The molecule has 2 saturated heterocycles. The SMILES string of the molecule is CN=C(NCC1CCS(=O)(=O)C1)N1CCN(C2CCC(C(C)C)CC2)CC1.I. The molecule has 0 aromatic carbocycles. The molecule has 0 aromatic heterocycles. The maximum Gasteiger partial charge on any atom is 0.193 e. The van der Waals surface area contributed by atoms with Crippen LogP contribution < -0.4 is 5.32 Å². The third-order valence-corrected chi connectivity index (χ3v) is 8.74. The van der Waals surface area contributed by atoms with E-state index in [1.165, 1.54) is 25.7 Å². The van der Waals surface area contributed by atoms with Crippen LogP contribution in [0.4, 0.5) is 0 Å². The molecule has 2 aliphatic heterocycles. The van der Waals surface area contributed by atoms with E-state index in [9.17, 15) is 8.42 Å². The van der Waals surface area contributed by atoms with E-state index in [4.69, 9.17) is 0 Å². The van der Waals surface area contributed by atoms with Crippen molar-refractivity contribution in [1.29, 1.82) is 0 Å². The van der Waals surface area contributed by atoms with Crippen molar-refractivity contribution in [2.24, 2.45) is 22.7 Å². The van der Waals surface area contributed by atoms with Crippen LogP contribution in [0.5, 0.6) is 0 Å². The average molecular weight is 527 g/mol. The van der Waals surface area contributed by atoms with Gasteiger partial charge in [0.15, 0.2) is 15.8 Å². The summed E-state index contributed by atoms with van der Waals surface area (Å²) >= 11 is 0. The number of piperazine rings is 1. The van der Waals surface area contributed by atoms with Gasteiger partial charge in [0, 0.05) is 45.8 Å². The number of hydrogen-bond acceptors (Lipinski definition) is 4. The number of sulfone groups is 1. The number of rotatable bonds is 4. The van der Waals surface area contributed by atoms with Crippen LogP contribution in [0.1, 0.15) is 46.0 Å². The molecule has 0 spiro atoms. The Hall–Kier alpha value is -0.0900. The van der Waals surface area contributed by atoms with E-state index in [2.05, 4.69) is 34.0 Å². The third-order valence-electron chi connectivity index (χ3n) is 6.90. The Labute approximate surface area is 188 Å². The zero-order valence-corrected chi connectivity index (χ0v) is 20.9. The van der Waals surface area contributed by atoms with Crippen molar-refractivity contribution < 1.29 is 8.42 Å². The normalized spacial score (nSPS) is 31.6. The Morgan fingerprint density at radius 3 is 2.21 bits per heavy atom. The molecule has 8 heteroatoms. The molecule has 28 heavy (non-hydrogen) atoms. The summed E-state index contributed by atoms with van der Waals surface area (Å²) < 4.78 is 23.3. The fourth-order valence-electron chi connectivity index (χ4n) is 5.03. The van der Waals surface area contributed by atoms with E-state index in [1.807, 2.05) is 7.05 Å². The van der Waals surface area contributed by atoms with Crippen LogP contribution in [-0.2, 0) is 9.84 Å². The van der Waals surface area contributed by atoms with Gasteiger partial charge in [-0.05, 0) is 49.9 Å². The molecule has 3 aliphatic rings. The number of nitrogens with one attached hydrogen (secondary N) is 1. The van der Waals surface area contributed by atoms with Crippen molar-refractivity contribution >= 4 is 39.8 Å². The Morgan fingerprint density at radius 2 is 1.71 bits per heavy atom. The number of nitrogens with zero attached hydrogens (tertiary/aromatic N) is 3. The van der Waals surface area contributed by atoms with Crippen molar-refractivity contribution in [2.45, 2.75) is 52.0 Å². The minimum Gasteiger partial charge on any atom is -0.356 e. The molecule has 1 aliphatic carbocycles. The van der Waals surface area contributed by atoms with Gasteiger partial charge in [-0.25, -0.2) is 8.42 Å². The minimum absolute atomic E-state index is 0. The summed E-state index contributed by atoms with van der Waals surface area (Å²) in [5, 5.41) is 3.42. The Balaban J connectivity index is 0.00000280. The molecule has 6 nitrogen and oxygen atoms in total. The maximum absolute atomic E-state index is 11.6. The largest absolute Gasteiger partial charge is 0.356 e. The molecule has 1 N–H and O–H groups in total. The number of hydrogen-bond donors (Lipinski definition) is 1. The van der Waals surface area contributed by atoms with Gasteiger partial charge in [-0.2, -0.15) is 0 Å². The summed E-state index contributed by atoms with van der Waals surface area (Å²) in [4.78, 5) is 9.46. The van der Waals surface area contributed by atoms with Crippen molar-refractivity contribution in [3.63, 3.8) is 0 Å². The molecular weight excluding hydrogens is 487 g/mol. The molecule has 3 fully saturated rings. The summed E-state index contributed by atoms with van der Waals surface area (Å²) in [6.45, 7) is 9.67.